The second-order valence-electron chi connectivity index (χ2n) is 4.55. The Morgan fingerprint density at radius 2 is 2.15 bits per heavy atom. The molecule has 2 aromatic rings. The van der Waals surface area contributed by atoms with Gasteiger partial charge in [-0.15, -0.1) is 0 Å². The summed E-state index contributed by atoms with van der Waals surface area (Å²) in [6.07, 6.45) is 1.33. The van der Waals surface area contributed by atoms with Gasteiger partial charge in [-0.2, -0.15) is 5.10 Å². The van der Waals surface area contributed by atoms with E-state index in [4.69, 9.17) is 11.6 Å². The van der Waals surface area contributed by atoms with Crippen LogP contribution in [0.15, 0.2) is 18.2 Å². The minimum Gasteiger partial charge on any atom is -0.508 e. The van der Waals surface area contributed by atoms with Crippen LogP contribution in [0, 0.1) is 6.92 Å². The van der Waals surface area contributed by atoms with Crippen LogP contribution in [0.3, 0.4) is 0 Å². The fourth-order valence-electron chi connectivity index (χ4n) is 2.10. The number of carbonyl (C=O) groups is 1. The number of hydrogen-bond donors (Lipinski definition) is 2. The van der Waals surface area contributed by atoms with Crippen LogP contribution in [0.25, 0.3) is 5.69 Å². The maximum absolute atomic E-state index is 11.3. The highest BCUT2D eigenvalue weighted by molar-refractivity contribution is 6.33. The number of halogens is 1. The van der Waals surface area contributed by atoms with Crippen molar-refractivity contribution in [2.45, 2.75) is 26.7 Å². The number of aromatic nitrogens is 2. The van der Waals surface area contributed by atoms with Gasteiger partial charge in [0.05, 0.1) is 11.4 Å². The van der Waals surface area contributed by atoms with E-state index in [0.29, 0.717) is 17.8 Å². The molecule has 0 bridgehead atoms. The highest BCUT2D eigenvalue weighted by atomic mass is 35.5. The molecule has 0 amide bonds. The zero-order chi connectivity index (χ0) is 14.9. The normalized spacial score (nSPS) is 10.8. The van der Waals surface area contributed by atoms with Gasteiger partial charge in [-0.05, 0) is 37.1 Å². The quantitative estimate of drug-likeness (QED) is 0.908. The number of phenolic OH excluding ortho intramolecular Hbond substituents is 1. The largest absolute Gasteiger partial charge is 0.508 e. The summed E-state index contributed by atoms with van der Waals surface area (Å²) < 4.78 is 1.41. The van der Waals surface area contributed by atoms with E-state index < -0.39 is 5.97 Å². The molecule has 0 saturated carbocycles. The van der Waals surface area contributed by atoms with Crippen LogP contribution in [-0.2, 0) is 6.42 Å². The number of carboxylic acid groups (broad SMARTS) is 1. The van der Waals surface area contributed by atoms with Crippen molar-refractivity contribution in [3.8, 4) is 11.4 Å². The molecule has 0 saturated heterocycles. The summed E-state index contributed by atoms with van der Waals surface area (Å²) in [7, 11) is 0. The van der Waals surface area contributed by atoms with Crippen molar-refractivity contribution in [2.75, 3.05) is 0 Å². The molecule has 0 radical (unpaired) electrons. The fraction of sp³-hybridized carbons (Fsp3) is 0.286. The summed E-state index contributed by atoms with van der Waals surface area (Å²) in [5.74, 6) is -0.942. The number of aromatic carboxylic acids is 1. The molecule has 1 aromatic heterocycles. The molecule has 1 aromatic carbocycles. The van der Waals surface area contributed by atoms with E-state index in [2.05, 4.69) is 5.10 Å². The lowest BCUT2D eigenvalue weighted by atomic mass is 10.1. The third kappa shape index (κ3) is 2.49. The summed E-state index contributed by atoms with van der Waals surface area (Å²) in [6, 6.07) is 4.75. The van der Waals surface area contributed by atoms with Gasteiger partial charge in [0.2, 0.25) is 0 Å². The number of nitrogens with zero attached hydrogens (tertiary/aromatic N) is 2. The molecule has 0 aliphatic heterocycles. The predicted molar refractivity (Wildman–Crippen MR) is 75.9 cm³/mol. The van der Waals surface area contributed by atoms with Crippen LogP contribution >= 0.6 is 11.6 Å². The summed E-state index contributed by atoms with van der Waals surface area (Å²) >= 11 is 6.16. The second-order valence-corrected chi connectivity index (χ2v) is 4.91. The molecule has 0 spiro atoms. The number of rotatable bonds is 4. The number of aromatic hydroxyl groups is 1. The van der Waals surface area contributed by atoms with E-state index in [1.54, 1.807) is 19.1 Å². The molecule has 106 valence electrons. The minimum atomic E-state index is -1.08. The Kier molecular flexibility index (Phi) is 3.99. The highest BCUT2D eigenvalue weighted by Gasteiger charge is 2.23. The molecule has 5 nitrogen and oxygen atoms in total. The minimum absolute atomic E-state index is 0.0426. The highest BCUT2D eigenvalue weighted by Crippen LogP contribution is 2.27. The maximum Gasteiger partial charge on any atom is 0.340 e. The summed E-state index contributed by atoms with van der Waals surface area (Å²) in [5.41, 5.74) is 1.92. The van der Waals surface area contributed by atoms with Crippen molar-refractivity contribution in [2.24, 2.45) is 0 Å². The molecule has 2 rings (SSSR count). The van der Waals surface area contributed by atoms with Gasteiger partial charge in [0.1, 0.15) is 16.5 Å². The average Bonchev–Trinajstić information content (AvgIpc) is 2.67. The average molecular weight is 295 g/mol. The number of carboxylic acids is 1. The zero-order valence-corrected chi connectivity index (χ0v) is 12.0. The molecule has 2 N–H and O–H groups in total. The van der Waals surface area contributed by atoms with Crippen molar-refractivity contribution in [3.05, 3.63) is 40.2 Å². The summed E-state index contributed by atoms with van der Waals surface area (Å²) in [5, 5.41) is 23.1. The van der Waals surface area contributed by atoms with Gasteiger partial charge < -0.3 is 10.2 Å². The van der Waals surface area contributed by atoms with Crippen molar-refractivity contribution >= 4 is 17.6 Å². The molecule has 0 atom stereocenters. The van der Waals surface area contributed by atoms with Gasteiger partial charge in [0, 0.05) is 0 Å². The topological polar surface area (TPSA) is 75.3 Å². The first-order chi connectivity index (χ1) is 9.45. The van der Waals surface area contributed by atoms with E-state index >= 15 is 0 Å². The predicted octanol–water partition coefficient (Wildman–Crippen LogP) is 3.19. The van der Waals surface area contributed by atoms with Crippen LogP contribution in [-0.4, -0.2) is 26.0 Å². The lowest BCUT2D eigenvalue weighted by molar-refractivity contribution is 0.0696. The first-order valence-electron chi connectivity index (χ1n) is 6.26. The first-order valence-corrected chi connectivity index (χ1v) is 6.64. The van der Waals surface area contributed by atoms with Crippen LogP contribution in [0.1, 0.15) is 35.0 Å². The van der Waals surface area contributed by atoms with E-state index in [-0.39, 0.29) is 16.5 Å². The Balaban J connectivity index is 2.63. The SMILES string of the molecule is CCCc1nn(-c2ccc(O)cc2C)c(Cl)c1C(=O)O. The molecule has 6 heteroatoms. The summed E-state index contributed by atoms with van der Waals surface area (Å²) in [6.45, 7) is 3.75. The number of aryl methyl sites for hydroxylation is 2. The van der Waals surface area contributed by atoms with Gasteiger partial charge in [-0.3, -0.25) is 0 Å². The van der Waals surface area contributed by atoms with Crippen LogP contribution in [0.2, 0.25) is 5.15 Å². The first kappa shape index (κ1) is 14.4. The zero-order valence-electron chi connectivity index (χ0n) is 11.2. The Labute approximate surface area is 121 Å². The number of benzene rings is 1. The van der Waals surface area contributed by atoms with Gasteiger partial charge in [-0.1, -0.05) is 24.9 Å². The smallest absolute Gasteiger partial charge is 0.340 e. The lowest BCUT2D eigenvalue weighted by Crippen LogP contribution is -2.01. The van der Waals surface area contributed by atoms with Crippen LogP contribution in [0.5, 0.6) is 5.75 Å². The van der Waals surface area contributed by atoms with Gasteiger partial charge >= 0.3 is 5.97 Å². The standard InChI is InChI=1S/C14H15ClN2O3/c1-3-4-10-12(14(19)20)13(15)17(16-10)11-6-5-9(18)7-8(11)2/h5-7,18H,3-4H2,1-2H3,(H,19,20). The molecular formula is C14H15ClN2O3. The number of hydrogen-bond acceptors (Lipinski definition) is 3. The van der Waals surface area contributed by atoms with Crippen LogP contribution < -0.4 is 0 Å². The molecule has 0 aliphatic carbocycles. The maximum atomic E-state index is 11.3. The summed E-state index contributed by atoms with van der Waals surface area (Å²) in [4.78, 5) is 11.3. The molecule has 20 heavy (non-hydrogen) atoms. The molecule has 0 aliphatic rings. The molecule has 0 unspecified atom stereocenters. The van der Waals surface area contributed by atoms with E-state index in [1.807, 2.05) is 6.92 Å². The van der Waals surface area contributed by atoms with Crippen molar-refractivity contribution in [1.29, 1.82) is 0 Å². The van der Waals surface area contributed by atoms with E-state index in [9.17, 15) is 15.0 Å². The Bertz CT molecular complexity index is 665. The monoisotopic (exact) mass is 294 g/mol. The fourth-order valence-corrected chi connectivity index (χ4v) is 2.42. The molecular weight excluding hydrogens is 280 g/mol. The van der Waals surface area contributed by atoms with Gasteiger partial charge in [0.15, 0.2) is 0 Å². The third-order valence-electron chi connectivity index (χ3n) is 3.01. The van der Waals surface area contributed by atoms with Crippen molar-refractivity contribution in [3.63, 3.8) is 0 Å². The molecule has 0 fully saturated rings. The third-order valence-corrected chi connectivity index (χ3v) is 3.36. The van der Waals surface area contributed by atoms with Crippen molar-refractivity contribution < 1.29 is 15.0 Å². The number of phenols is 1. The van der Waals surface area contributed by atoms with E-state index in [1.165, 1.54) is 10.7 Å². The van der Waals surface area contributed by atoms with Crippen LogP contribution in [0.4, 0.5) is 0 Å². The molecule has 1 heterocycles. The Morgan fingerprint density at radius 1 is 1.45 bits per heavy atom. The van der Waals surface area contributed by atoms with Crippen molar-refractivity contribution in [1.82, 2.24) is 9.78 Å². The lowest BCUT2D eigenvalue weighted by Gasteiger charge is -2.07. The Morgan fingerprint density at radius 3 is 2.70 bits per heavy atom. The second kappa shape index (κ2) is 5.54. The van der Waals surface area contributed by atoms with E-state index in [0.717, 1.165) is 12.0 Å². The van der Waals surface area contributed by atoms with Gasteiger partial charge in [0.25, 0.3) is 0 Å². The Hall–Kier alpha value is -2.01. The van der Waals surface area contributed by atoms with Gasteiger partial charge in [-0.25, -0.2) is 9.48 Å².